The fraction of sp³-hybridized carbons (Fsp3) is 0.500. The summed E-state index contributed by atoms with van der Waals surface area (Å²) < 4.78 is 10.5. The zero-order chi connectivity index (χ0) is 13.8. The van der Waals surface area contributed by atoms with Gasteiger partial charge in [0.05, 0.1) is 12.3 Å². The summed E-state index contributed by atoms with van der Waals surface area (Å²) >= 11 is 0. The van der Waals surface area contributed by atoms with Crippen LogP contribution < -0.4 is 10.6 Å². The molecular weight excluding hydrogens is 260 g/mol. The van der Waals surface area contributed by atoms with E-state index < -0.39 is 0 Å². The van der Waals surface area contributed by atoms with Crippen LogP contribution in [0.3, 0.4) is 0 Å². The van der Waals surface area contributed by atoms with Crippen LogP contribution in [0.2, 0.25) is 0 Å². The van der Waals surface area contributed by atoms with Crippen molar-refractivity contribution in [2.75, 3.05) is 23.8 Å². The number of rotatable bonds is 5. The largest absolute Gasteiger partial charge is 0.376 e. The van der Waals surface area contributed by atoms with Gasteiger partial charge in [-0.25, -0.2) is 0 Å². The van der Waals surface area contributed by atoms with Crippen molar-refractivity contribution >= 4 is 17.6 Å². The fourth-order valence-electron chi connectivity index (χ4n) is 2.01. The number of hydrogen-bond acceptors (Lipinski definition) is 8. The minimum absolute atomic E-state index is 0.230. The van der Waals surface area contributed by atoms with Gasteiger partial charge in [-0.05, 0) is 19.8 Å². The third-order valence-electron chi connectivity index (χ3n) is 2.95. The van der Waals surface area contributed by atoms with Gasteiger partial charge in [-0.1, -0.05) is 5.16 Å². The van der Waals surface area contributed by atoms with Crippen molar-refractivity contribution in [3.05, 3.63) is 18.0 Å². The van der Waals surface area contributed by atoms with E-state index in [1.54, 1.807) is 6.07 Å². The van der Waals surface area contributed by atoms with E-state index in [1.165, 1.54) is 6.20 Å². The highest BCUT2D eigenvalue weighted by Crippen LogP contribution is 2.15. The molecule has 1 aliphatic rings. The molecule has 0 aliphatic carbocycles. The van der Waals surface area contributed by atoms with Crippen molar-refractivity contribution in [3.63, 3.8) is 0 Å². The maximum Gasteiger partial charge on any atom is 0.244 e. The second-order valence-electron chi connectivity index (χ2n) is 4.63. The maximum atomic E-state index is 5.53. The van der Waals surface area contributed by atoms with E-state index in [0.29, 0.717) is 24.1 Å². The molecule has 2 aromatic heterocycles. The van der Waals surface area contributed by atoms with Crippen molar-refractivity contribution in [2.24, 2.45) is 0 Å². The summed E-state index contributed by atoms with van der Waals surface area (Å²) in [5.41, 5.74) is 0. The van der Waals surface area contributed by atoms with Crippen molar-refractivity contribution in [1.29, 1.82) is 0 Å². The van der Waals surface area contributed by atoms with Gasteiger partial charge in [-0.3, -0.25) is 0 Å². The van der Waals surface area contributed by atoms with Crippen LogP contribution in [0.4, 0.5) is 17.6 Å². The standard InChI is InChI=1S/C12H16N6O2/c1-8-5-10(18-20-8)15-11-7-14-17-12(16-11)13-6-9-3-2-4-19-9/h5,7,9H,2-4,6H2,1H3,(H2,13,15,16,17,18). The van der Waals surface area contributed by atoms with E-state index >= 15 is 0 Å². The first-order chi connectivity index (χ1) is 9.79. The van der Waals surface area contributed by atoms with Crippen molar-refractivity contribution in [2.45, 2.75) is 25.9 Å². The number of ether oxygens (including phenoxy) is 1. The first kappa shape index (κ1) is 12.8. The summed E-state index contributed by atoms with van der Waals surface area (Å²) in [4.78, 5) is 4.31. The Morgan fingerprint density at radius 3 is 3.10 bits per heavy atom. The molecule has 0 bridgehead atoms. The smallest absolute Gasteiger partial charge is 0.244 e. The van der Waals surface area contributed by atoms with Crippen LogP contribution in [0.5, 0.6) is 0 Å². The number of nitrogens with zero attached hydrogens (tertiary/aromatic N) is 4. The molecule has 3 rings (SSSR count). The third-order valence-corrected chi connectivity index (χ3v) is 2.95. The van der Waals surface area contributed by atoms with Crippen molar-refractivity contribution in [3.8, 4) is 0 Å². The topological polar surface area (TPSA) is 98.0 Å². The fourth-order valence-corrected chi connectivity index (χ4v) is 2.01. The molecule has 8 heteroatoms. The number of aryl methyl sites for hydroxylation is 1. The zero-order valence-corrected chi connectivity index (χ0v) is 11.2. The first-order valence-electron chi connectivity index (χ1n) is 6.55. The van der Waals surface area contributed by atoms with Crippen LogP contribution in [0.1, 0.15) is 18.6 Å². The van der Waals surface area contributed by atoms with Gasteiger partial charge in [-0.15, -0.1) is 5.10 Å². The minimum atomic E-state index is 0.230. The van der Waals surface area contributed by atoms with Crippen LogP contribution in [-0.2, 0) is 4.74 Å². The van der Waals surface area contributed by atoms with Crippen LogP contribution in [0.25, 0.3) is 0 Å². The Hall–Kier alpha value is -2.22. The maximum absolute atomic E-state index is 5.53. The Labute approximate surface area is 115 Å². The van der Waals surface area contributed by atoms with Gasteiger partial charge >= 0.3 is 0 Å². The van der Waals surface area contributed by atoms with Crippen LogP contribution >= 0.6 is 0 Å². The number of anilines is 3. The molecule has 1 aliphatic heterocycles. The molecule has 0 amide bonds. The molecule has 0 saturated carbocycles. The lowest BCUT2D eigenvalue weighted by Gasteiger charge is -2.10. The summed E-state index contributed by atoms with van der Waals surface area (Å²) in [6.07, 6.45) is 3.93. The highest BCUT2D eigenvalue weighted by Gasteiger charge is 2.15. The number of hydrogen-bond donors (Lipinski definition) is 2. The van der Waals surface area contributed by atoms with Crippen LogP contribution in [0, 0.1) is 6.92 Å². The lowest BCUT2D eigenvalue weighted by atomic mass is 10.2. The molecule has 3 heterocycles. The number of nitrogens with one attached hydrogen (secondary N) is 2. The van der Waals surface area contributed by atoms with E-state index in [0.717, 1.165) is 25.2 Å². The van der Waals surface area contributed by atoms with E-state index in [-0.39, 0.29) is 6.10 Å². The Morgan fingerprint density at radius 2 is 2.35 bits per heavy atom. The second kappa shape index (κ2) is 5.83. The van der Waals surface area contributed by atoms with Gasteiger partial charge in [0.25, 0.3) is 0 Å². The monoisotopic (exact) mass is 276 g/mol. The summed E-state index contributed by atoms with van der Waals surface area (Å²) in [6.45, 7) is 3.34. The van der Waals surface area contributed by atoms with Gasteiger partial charge in [0.2, 0.25) is 5.95 Å². The average molecular weight is 276 g/mol. The Kier molecular flexibility index (Phi) is 3.73. The Morgan fingerprint density at radius 1 is 1.40 bits per heavy atom. The van der Waals surface area contributed by atoms with E-state index in [4.69, 9.17) is 9.26 Å². The molecule has 1 atom stereocenters. The van der Waals surface area contributed by atoms with Crippen molar-refractivity contribution < 1.29 is 9.26 Å². The molecule has 8 nitrogen and oxygen atoms in total. The molecule has 1 fully saturated rings. The highest BCUT2D eigenvalue weighted by atomic mass is 16.5. The Bertz CT molecular complexity index is 567. The molecule has 0 aromatic carbocycles. The first-order valence-corrected chi connectivity index (χ1v) is 6.55. The molecule has 106 valence electrons. The average Bonchev–Trinajstić information content (AvgIpc) is 3.09. The lowest BCUT2D eigenvalue weighted by Crippen LogP contribution is -2.20. The second-order valence-corrected chi connectivity index (χ2v) is 4.63. The van der Waals surface area contributed by atoms with E-state index in [1.807, 2.05) is 6.92 Å². The zero-order valence-electron chi connectivity index (χ0n) is 11.2. The minimum Gasteiger partial charge on any atom is -0.376 e. The third kappa shape index (κ3) is 3.21. The van der Waals surface area contributed by atoms with Crippen LogP contribution in [0.15, 0.2) is 16.8 Å². The summed E-state index contributed by atoms with van der Waals surface area (Å²) in [7, 11) is 0. The van der Waals surface area contributed by atoms with Gasteiger partial charge in [0.1, 0.15) is 5.76 Å². The SMILES string of the molecule is Cc1cc(Nc2cnnc(NCC3CCCO3)n2)no1. The van der Waals surface area contributed by atoms with Crippen molar-refractivity contribution in [1.82, 2.24) is 20.3 Å². The van der Waals surface area contributed by atoms with Gasteiger partial charge in [-0.2, -0.15) is 10.1 Å². The highest BCUT2D eigenvalue weighted by molar-refractivity contribution is 5.51. The predicted molar refractivity (Wildman–Crippen MR) is 71.8 cm³/mol. The molecule has 2 N–H and O–H groups in total. The molecule has 1 saturated heterocycles. The molecule has 1 unspecified atom stereocenters. The van der Waals surface area contributed by atoms with E-state index in [2.05, 4.69) is 31.0 Å². The summed E-state index contributed by atoms with van der Waals surface area (Å²) in [5, 5.41) is 17.8. The molecule has 20 heavy (non-hydrogen) atoms. The summed E-state index contributed by atoms with van der Waals surface area (Å²) in [6, 6.07) is 1.78. The Balaban J connectivity index is 1.60. The van der Waals surface area contributed by atoms with E-state index in [9.17, 15) is 0 Å². The molecule has 0 radical (unpaired) electrons. The van der Waals surface area contributed by atoms with Crippen LogP contribution in [-0.4, -0.2) is 39.6 Å². The van der Waals surface area contributed by atoms with Gasteiger partial charge in [0.15, 0.2) is 11.6 Å². The number of aromatic nitrogens is 4. The lowest BCUT2D eigenvalue weighted by molar-refractivity contribution is 0.120. The quantitative estimate of drug-likeness (QED) is 0.847. The predicted octanol–water partition coefficient (Wildman–Crippen LogP) is 1.50. The summed E-state index contributed by atoms with van der Waals surface area (Å²) in [5.74, 6) is 2.34. The molecule has 0 spiro atoms. The molecule has 2 aromatic rings. The van der Waals surface area contributed by atoms with Gasteiger partial charge < -0.3 is 19.9 Å². The van der Waals surface area contributed by atoms with Gasteiger partial charge in [0, 0.05) is 19.2 Å². The molecular formula is C12H16N6O2. The normalized spacial score (nSPS) is 18.1.